The van der Waals surface area contributed by atoms with Gasteiger partial charge < -0.3 is 5.73 Å². The van der Waals surface area contributed by atoms with Gasteiger partial charge in [0.1, 0.15) is 6.17 Å². The molecule has 1 aromatic heterocycles. The summed E-state index contributed by atoms with van der Waals surface area (Å²) in [6.07, 6.45) is -0.425. The average Bonchev–Trinajstić information content (AvgIpc) is 2.38. The first-order valence-corrected chi connectivity index (χ1v) is 4.10. The number of rotatable bonds is 3. The zero-order valence-electron chi connectivity index (χ0n) is 5.59. The van der Waals surface area contributed by atoms with E-state index in [2.05, 4.69) is 0 Å². The Morgan fingerprint density at radius 2 is 2.50 bits per heavy atom. The highest BCUT2D eigenvalue weighted by atomic mass is 32.1. The second-order valence-corrected chi connectivity index (χ2v) is 3.04. The monoisotopic (exact) mass is 159 g/mol. The number of alkyl halides is 1. The molecule has 0 aliphatic carbocycles. The van der Waals surface area contributed by atoms with Crippen LogP contribution in [0.25, 0.3) is 0 Å². The lowest BCUT2D eigenvalue weighted by Crippen LogP contribution is -2.02. The molecule has 0 fully saturated rings. The summed E-state index contributed by atoms with van der Waals surface area (Å²) < 4.78 is 12.9. The summed E-state index contributed by atoms with van der Waals surface area (Å²) in [4.78, 5) is 0.783. The van der Waals surface area contributed by atoms with Crippen LogP contribution in [0.5, 0.6) is 0 Å². The maximum absolute atomic E-state index is 12.9. The highest BCUT2D eigenvalue weighted by Crippen LogP contribution is 2.24. The van der Waals surface area contributed by atoms with Crippen molar-refractivity contribution in [2.24, 2.45) is 5.73 Å². The predicted molar refractivity (Wildman–Crippen MR) is 41.8 cm³/mol. The number of nitrogens with two attached hydrogens (primary N) is 1. The standard InChI is InChI=1S/C7H10FNS/c8-6(3-4-9)7-2-1-5-10-7/h1-2,5-6H,3-4,9H2. The minimum Gasteiger partial charge on any atom is -0.330 e. The van der Waals surface area contributed by atoms with Crippen molar-refractivity contribution in [1.82, 2.24) is 0 Å². The molecule has 0 saturated carbocycles. The second kappa shape index (κ2) is 3.68. The molecule has 2 N–H and O–H groups in total. The molecule has 0 amide bonds. The zero-order valence-corrected chi connectivity index (χ0v) is 6.40. The quantitative estimate of drug-likeness (QED) is 0.718. The van der Waals surface area contributed by atoms with Gasteiger partial charge in [-0.25, -0.2) is 4.39 Å². The maximum atomic E-state index is 12.9. The van der Waals surface area contributed by atoms with Crippen molar-refractivity contribution in [2.45, 2.75) is 12.6 Å². The van der Waals surface area contributed by atoms with E-state index in [4.69, 9.17) is 5.73 Å². The Morgan fingerprint density at radius 1 is 1.70 bits per heavy atom. The van der Waals surface area contributed by atoms with Gasteiger partial charge >= 0.3 is 0 Å². The molecule has 56 valence electrons. The molecule has 0 aromatic carbocycles. The molecular formula is C7H10FNS. The fourth-order valence-electron chi connectivity index (χ4n) is 0.758. The van der Waals surface area contributed by atoms with Gasteiger partial charge in [0, 0.05) is 4.88 Å². The normalized spacial score (nSPS) is 13.4. The van der Waals surface area contributed by atoms with E-state index in [1.165, 1.54) is 11.3 Å². The Labute approximate surface area is 63.7 Å². The SMILES string of the molecule is NCCC(F)c1cccs1. The van der Waals surface area contributed by atoms with Gasteiger partial charge in [-0.2, -0.15) is 0 Å². The van der Waals surface area contributed by atoms with Gasteiger partial charge in [0.05, 0.1) is 0 Å². The fraction of sp³-hybridized carbons (Fsp3) is 0.429. The van der Waals surface area contributed by atoms with E-state index < -0.39 is 6.17 Å². The minimum atomic E-state index is -0.856. The molecule has 1 heterocycles. The maximum Gasteiger partial charge on any atom is 0.135 e. The Balaban J connectivity index is 2.50. The van der Waals surface area contributed by atoms with Crippen molar-refractivity contribution in [1.29, 1.82) is 0 Å². The first-order valence-electron chi connectivity index (χ1n) is 3.22. The van der Waals surface area contributed by atoms with Gasteiger partial charge in [-0.15, -0.1) is 11.3 Å². The molecule has 0 radical (unpaired) electrons. The van der Waals surface area contributed by atoms with Gasteiger partial charge in [0.15, 0.2) is 0 Å². The molecule has 1 rings (SSSR count). The molecule has 0 aliphatic heterocycles. The van der Waals surface area contributed by atoms with Crippen LogP contribution in [0.15, 0.2) is 17.5 Å². The summed E-state index contributed by atoms with van der Waals surface area (Å²) in [5.74, 6) is 0. The van der Waals surface area contributed by atoms with Crippen LogP contribution in [0.3, 0.4) is 0 Å². The van der Waals surface area contributed by atoms with Crippen LogP contribution in [-0.4, -0.2) is 6.54 Å². The lowest BCUT2D eigenvalue weighted by atomic mass is 10.2. The molecule has 1 aromatic rings. The summed E-state index contributed by atoms with van der Waals surface area (Å²) in [5, 5.41) is 1.87. The second-order valence-electron chi connectivity index (χ2n) is 2.06. The van der Waals surface area contributed by atoms with Crippen LogP contribution in [-0.2, 0) is 0 Å². The molecule has 10 heavy (non-hydrogen) atoms. The van der Waals surface area contributed by atoms with Crippen molar-refractivity contribution in [3.05, 3.63) is 22.4 Å². The number of hydrogen-bond donors (Lipinski definition) is 1. The molecule has 1 unspecified atom stereocenters. The Bertz CT molecular complexity index is 174. The molecule has 1 atom stereocenters. The Kier molecular flexibility index (Phi) is 2.83. The molecule has 0 bridgehead atoms. The van der Waals surface area contributed by atoms with Crippen molar-refractivity contribution in [3.8, 4) is 0 Å². The molecule has 0 saturated heterocycles. The fourth-order valence-corrected chi connectivity index (χ4v) is 1.50. The summed E-state index contributed by atoms with van der Waals surface area (Å²) in [6, 6.07) is 3.65. The highest BCUT2D eigenvalue weighted by molar-refractivity contribution is 7.10. The number of hydrogen-bond acceptors (Lipinski definition) is 2. The molecule has 0 aliphatic rings. The van der Waals surface area contributed by atoms with Gasteiger partial charge in [0.25, 0.3) is 0 Å². The number of halogens is 1. The topological polar surface area (TPSA) is 26.0 Å². The highest BCUT2D eigenvalue weighted by Gasteiger charge is 2.07. The third kappa shape index (κ3) is 1.78. The third-order valence-electron chi connectivity index (χ3n) is 1.27. The zero-order chi connectivity index (χ0) is 7.40. The van der Waals surface area contributed by atoms with E-state index in [0.29, 0.717) is 13.0 Å². The van der Waals surface area contributed by atoms with Crippen LogP contribution in [0.4, 0.5) is 4.39 Å². The predicted octanol–water partition coefficient (Wildman–Crippen LogP) is 2.11. The van der Waals surface area contributed by atoms with Gasteiger partial charge in [-0.05, 0) is 24.4 Å². The summed E-state index contributed by atoms with van der Waals surface area (Å²) in [5.41, 5.74) is 5.20. The molecule has 1 nitrogen and oxygen atoms in total. The molecule has 0 spiro atoms. The summed E-state index contributed by atoms with van der Waals surface area (Å²) in [7, 11) is 0. The first kappa shape index (κ1) is 7.69. The van der Waals surface area contributed by atoms with Crippen molar-refractivity contribution in [3.63, 3.8) is 0 Å². The van der Waals surface area contributed by atoms with Crippen LogP contribution < -0.4 is 5.73 Å². The van der Waals surface area contributed by atoms with Crippen LogP contribution in [0, 0.1) is 0 Å². The van der Waals surface area contributed by atoms with Crippen LogP contribution >= 0.6 is 11.3 Å². The van der Waals surface area contributed by atoms with Crippen LogP contribution in [0.2, 0.25) is 0 Å². The largest absolute Gasteiger partial charge is 0.330 e. The Morgan fingerprint density at radius 3 is 3.00 bits per heavy atom. The van der Waals surface area contributed by atoms with Crippen molar-refractivity contribution in [2.75, 3.05) is 6.54 Å². The smallest absolute Gasteiger partial charge is 0.135 e. The van der Waals surface area contributed by atoms with Gasteiger partial charge in [-0.3, -0.25) is 0 Å². The summed E-state index contributed by atoms with van der Waals surface area (Å²) >= 11 is 1.44. The van der Waals surface area contributed by atoms with Crippen LogP contribution in [0.1, 0.15) is 17.5 Å². The van der Waals surface area contributed by atoms with E-state index in [9.17, 15) is 4.39 Å². The first-order chi connectivity index (χ1) is 4.84. The Hall–Kier alpha value is -0.410. The lowest BCUT2D eigenvalue weighted by molar-refractivity contribution is 0.333. The van der Waals surface area contributed by atoms with Gasteiger partial charge in [0.2, 0.25) is 0 Å². The van der Waals surface area contributed by atoms with E-state index >= 15 is 0 Å². The van der Waals surface area contributed by atoms with Crippen molar-refractivity contribution < 1.29 is 4.39 Å². The van der Waals surface area contributed by atoms with E-state index in [1.54, 1.807) is 6.07 Å². The summed E-state index contributed by atoms with van der Waals surface area (Å²) in [6.45, 7) is 0.416. The van der Waals surface area contributed by atoms with E-state index in [1.807, 2.05) is 11.4 Å². The van der Waals surface area contributed by atoms with E-state index in [0.717, 1.165) is 4.88 Å². The van der Waals surface area contributed by atoms with E-state index in [-0.39, 0.29) is 0 Å². The molecular weight excluding hydrogens is 149 g/mol. The molecule has 3 heteroatoms. The number of thiophene rings is 1. The average molecular weight is 159 g/mol. The van der Waals surface area contributed by atoms with Gasteiger partial charge in [-0.1, -0.05) is 6.07 Å². The lowest BCUT2D eigenvalue weighted by Gasteiger charge is -2.01. The van der Waals surface area contributed by atoms with Crippen molar-refractivity contribution >= 4 is 11.3 Å². The third-order valence-corrected chi connectivity index (χ3v) is 2.23. The minimum absolute atomic E-state index is 0.416.